The van der Waals surface area contributed by atoms with Crippen molar-refractivity contribution < 1.29 is 9.90 Å². The first-order valence-corrected chi connectivity index (χ1v) is 7.64. The summed E-state index contributed by atoms with van der Waals surface area (Å²) in [7, 11) is 0. The normalized spacial score (nSPS) is 10.6. The number of phenols is 1. The van der Waals surface area contributed by atoms with Gasteiger partial charge < -0.3 is 15.7 Å². The van der Waals surface area contributed by atoms with E-state index in [9.17, 15) is 9.90 Å². The molecule has 0 fully saturated rings. The van der Waals surface area contributed by atoms with Crippen molar-refractivity contribution in [1.29, 1.82) is 0 Å². The third-order valence-corrected chi connectivity index (χ3v) is 4.14. The van der Waals surface area contributed by atoms with Gasteiger partial charge in [0.1, 0.15) is 5.75 Å². The van der Waals surface area contributed by atoms with E-state index in [1.807, 2.05) is 18.2 Å². The molecule has 0 aliphatic carbocycles. The lowest BCUT2D eigenvalue weighted by Crippen LogP contribution is -2.05. The SMILES string of the molecule is CC(=O)Nc1ccc2nc(Nc3ccc(O)c(Cl)c3)sc2c1. The highest BCUT2D eigenvalue weighted by molar-refractivity contribution is 7.22. The van der Waals surface area contributed by atoms with Crippen LogP contribution in [0.5, 0.6) is 5.75 Å². The van der Waals surface area contributed by atoms with Gasteiger partial charge in [0.15, 0.2) is 5.13 Å². The second-order valence-corrected chi connectivity index (χ2v) is 6.11. The third kappa shape index (κ3) is 3.13. The molecule has 1 amide bonds. The first-order chi connectivity index (χ1) is 10.5. The van der Waals surface area contributed by atoms with Crippen molar-refractivity contribution in [3.63, 3.8) is 0 Å². The number of hydrogen-bond donors (Lipinski definition) is 3. The van der Waals surface area contributed by atoms with Crippen LogP contribution in [0.4, 0.5) is 16.5 Å². The summed E-state index contributed by atoms with van der Waals surface area (Å²) in [4.78, 5) is 15.6. The second kappa shape index (κ2) is 5.82. The number of hydrogen-bond acceptors (Lipinski definition) is 5. The van der Waals surface area contributed by atoms with Crippen molar-refractivity contribution in [3.8, 4) is 5.75 Å². The summed E-state index contributed by atoms with van der Waals surface area (Å²) in [6.45, 7) is 1.47. The highest BCUT2D eigenvalue weighted by Gasteiger charge is 2.07. The fourth-order valence-corrected chi connectivity index (χ4v) is 3.07. The molecule has 3 N–H and O–H groups in total. The number of aromatic nitrogens is 1. The molecule has 1 heterocycles. The van der Waals surface area contributed by atoms with Gasteiger partial charge in [0.2, 0.25) is 5.91 Å². The molecule has 2 aromatic carbocycles. The van der Waals surface area contributed by atoms with Gasteiger partial charge in [-0.3, -0.25) is 4.79 Å². The van der Waals surface area contributed by atoms with Crippen LogP contribution in [0.2, 0.25) is 5.02 Å². The van der Waals surface area contributed by atoms with Crippen molar-refractivity contribution in [2.45, 2.75) is 6.92 Å². The Labute approximate surface area is 135 Å². The largest absolute Gasteiger partial charge is 0.506 e. The molecule has 22 heavy (non-hydrogen) atoms. The molecule has 0 saturated carbocycles. The Hall–Kier alpha value is -2.31. The van der Waals surface area contributed by atoms with Crippen LogP contribution in [0.25, 0.3) is 10.2 Å². The molecule has 0 saturated heterocycles. The minimum absolute atomic E-state index is 0.0384. The molecule has 0 radical (unpaired) electrons. The molecule has 0 aliphatic heterocycles. The van der Waals surface area contributed by atoms with E-state index in [0.717, 1.165) is 21.6 Å². The summed E-state index contributed by atoms with van der Waals surface area (Å²) < 4.78 is 0.957. The van der Waals surface area contributed by atoms with Crippen molar-refractivity contribution in [2.75, 3.05) is 10.6 Å². The zero-order valence-electron chi connectivity index (χ0n) is 11.6. The van der Waals surface area contributed by atoms with Crippen molar-refractivity contribution >= 4 is 55.6 Å². The zero-order valence-corrected chi connectivity index (χ0v) is 13.1. The van der Waals surface area contributed by atoms with Crippen LogP contribution in [0.1, 0.15) is 6.92 Å². The number of carbonyl (C=O) groups is 1. The summed E-state index contributed by atoms with van der Waals surface area (Å²) in [6, 6.07) is 10.4. The minimum Gasteiger partial charge on any atom is -0.506 e. The van der Waals surface area contributed by atoms with Crippen LogP contribution in [0.15, 0.2) is 36.4 Å². The number of halogens is 1. The van der Waals surface area contributed by atoms with E-state index in [0.29, 0.717) is 5.13 Å². The Morgan fingerprint density at radius 2 is 2.00 bits per heavy atom. The van der Waals surface area contributed by atoms with Crippen molar-refractivity contribution in [2.24, 2.45) is 0 Å². The minimum atomic E-state index is -0.110. The average Bonchev–Trinajstić information content (AvgIpc) is 2.83. The number of carbonyl (C=O) groups excluding carboxylic acids is 1. The Bertz CT molecular complexity index is 863. The standard InChI is InChI=1S/C15H12ClN3O2S/c1-8(20)17-10-2-4-12-14(7-10)22-15(19-12)18-9-3-5-13(21)11(16)6-9/h2-7,21H,1H3,(H,17,20)(H,18,19). The van der Waals surface area contributed by atoms with E-state index in [-0.39, 0.29) is 16.7 Å². The monoisotopic (exact) mass is 333 g/mol. The Morgan fingerprint density at radius 3 is 2.73 bits per heavy atom. The van der Waals surface area contributed by atoms with E-state index in [1.54, 1.807) is 12.1 Å². The maximum absolute atomic E-state index is 11.1. The summed E-state index contributed by atoms with van der Waals surface area (Å²) in [5.41, 5.74) is 2.32. The van der Waals surface area contributed by atoms with E-state index in [1.165, 1.54) is 24.3 Å². The average molecular weight is 334 g/mol. The number of thiazole rings is 1. The van der Waals surface area contributed by atoms with E-state index in [4.69, 9.17) is 11.6 Å². The van der Waals surface area contributed by atoms with Crippen molar-refractivity contribution in [3.05, 3.63) is 41.4 Å². The fourth-order valence-electron chi connectivity index (χ4n) is 1.97. The van der Waals surface area contributed by atoms with Crippen LogP contribution in [-0.4, -0.2) is 16.0 Å². The lowest BCUT2D eigenvalue weighted by Gasteiger charge is -2.03. The number of nitrogens with one attached hydrogen (secondary N) is 2. The van der Waals surface area contributed by atoms with Crippen LogP contribution in [0, 0.1) is 0 Å². The molecule has 0 spiro atoms. The Balaban J connectivity index is 1.88. The second-order valence-electron chi connectivity index (χ2n) is 4.67. The number of nitrogens with zero attached hydrogens (tertiary/aromatic N) is 1. The van der Waals surface area contributed by atoms with Crippen LogP contribution >= 0.6 is 22.9 Å². The highest BCUT2D eigenvalue weighted by atomic mass is 35.5. The van der Waals surface area contributed by atoms with Gasteiger partial charge in [0.25, 0.3) is 0 Å². The quantitative estimate of drug-likeness (QED) is 0.623. The van der Waals surface area contributed by atoms with Gasteiger partial charge in [-0.1, -0.05) is 22.9 Å². The molecule has 112 valence electrons. The van der Waals surface area contributed by atoms with Gasteiger partial charge in [0, 0.05) is 18.3 Å². The number of aromatic hydroxyl groups is 1. The summed E-state index contributed by atoms with van der Waals surface area (Å²) in [6.07, 6.45) is 0. The molecule has 5 nitrogen and oxygen atoms in total. The van der Waals surface area contributed by atoms with Crippen LogP contribution < -0.4 is 10.6 Å². The Kier molecular flexibility index (Phi) is 3.87. The molecule has 1 aromatic heterocycles. The van der Waals surface area contributed by atoms with Gasteiger partial charge in [-0.15, -0.1) is 0 Å². The van der Waals surface area contributed by atoms with E-state index in [2.05, 4.69) is 15.6 Å². The lowest BCUT2D eigenvalue weighted by atomic mass is 10.3. The molecule has 0 atom stereocenters. The van der Waals surface area contributed by atoms with Gasteiger partial charge in [-0.25, -0.2) is 4.98 Å². The van der Waals surface area contributed by atoms with Gasteiger partial charge in [0.05, 0.1) is 15.2 Å². The predicted octanol–water partition coefficient (Wildman–Crippen LogP) is 4.36. The summed E-state index contributed by atoms with van der Waals surface area (Å²) >= 11 is 7.35. The van der Waals surface area contributed by atoms with Crippen LogP contribution in [-0.2, 0) is 4.79 Å². The van der Waals surface area contributed by atoms with Crippen LogP contribution in [0.3, 0.4) is 0 Å². The Morgan fingerprint density at radius 1 is 1.23 bits per heavy atom. The van der Waals surface area contributed by atoms with Gasteiger partial charge in [-0.05, 0) is 36.4 Å². The maximum Gasteiger partial charge on any atom is 0.221 e. The van der Waals surface area contributed by atoms with Gasteiger partial charge in [-0.2, -0.15) is 0 Å². The number of benzene rings is 2. The maximum atomic E-state index is 11.1. The third-order valence-electron chi connectivity index (χ3n) is 2.91. The molecule has 0 aliphatic rings. The molecule has 0 bridgehead atoms. The molecule has 3 aromatic rings. The number of amides is 1. The molecule has 0 unspecified atom stereocenters. The highest BCUT2D eigenvalue weighted by Crippen LogP contribution is 2.32. The number of fused-ring (bicyclic) bond motifs is 1. The first-order valence-electron chi connectivity index (χ1n) is 6.45. The fraction of sp³-hybridized carbons (Fsp3) is 0.0667. The topological polar surface area (TPSA) is 74.2 Å². The predicted molar refractivity (Wildman–Crippen MR) is 90.3 cm³/mol. The lowest BCUT2D eigenvalue weighted by molar-refractivity contribution is -0.114. The number of anilines is 3. The molecule has 7 heteroatoms. The molecular weight excluding hydrogens is 322 g/mol. The number of phenolic OH excluding ortho intramolecular Hbond substituents is 1. The van der Waals surface area contributed by atoms with E-state index >= 15 is 0 Å². The van der Waals surface area contributed by atoms with E-state index < -0.39 is 0 Å². The van der Waals surface area contributed by atoms with Crippen molar-refractivity contribution in [1.82, 2.24) is 4.98 Å². The number of rotatable bonds is 3. The summed E-state index contributed by atoms with van der Waals surface area (Å²) in [5.74, 6) is -0.0718. The molecule has 3 rings (SSSR count). The zero-order chi connectivity index (χ0) is 15.7. The molecular formula is C15H12ClN3O2S. The smallest absolute Gasteiger partial charge is 0.221 e. The van der Waals surface area contributed by atoms with Gasteiger partial charge >= 0.3 is 0 Å². The summed E-state index contributed by atoms with van der Waals surface area (Å²) in [5, 5.41) is 16.3. The first kappa shape index (κ1) is 14.6.